The first kappa shape index (κ1) is 40.0. The van der Waals surface area contributed by atoms with Crippen LogP contribution in [0.3, 0.4) is 0 Å². The molecule has 0 heterocycles. The monoisotopic (exact) mass is 744 g/mol. The van der Waals surface area contributed by atoms with Crippen LogP contribution in [0.5, 0.6) is 0 Å². The van der Waals surface area contributed by atoms with Crippen LogP contribution in [0, 0.1) is 6.08 Å². The third-order valence-corrected chi connectivity index (χ3v) is 11.8. The summed E-state index contributed by atoms with van der Waals surface area (Å²) < 4.78 is 1.80. The van der Waals surface area contributed by atoms with Gasteiger partial charge in [0.25, 0.3) is 0 Å². The van der Waals surface area contributed by atoms with Gasteiger partial charge in [-0.1, -0.05) is 111 Å². The van der Waals surface area contributed by atoms with E-state index in [0.29, 0.717) is 5.41 Å². The Bertz CT molecular complexity index is 1590. The molecular formula is C44H56Cl2Zr-2. The first-order valence-electron chi connectivity index (χ1n) is 17.6. The van der Waals surface area contributed by atoms with Crippen LogP contribution in [-0.2, 0) is 59.7 Å². The van der Waals surface area contributed by atoms with Gasteiger partial charge in [0.2, 0.25) is 0 Å². The van der Waals surface area contributed by atoms with E-state index in [2.05, 4.69) is 125 Å². The second-order valence-electron chi connectivity index (χ2n) is 16.1. The SMILES string of the molecule is CC1=[C-]C(C)(C)c2cc3c(cc21)-c1cc2c(cc1C3)C(C)(C)C=C2C.CCc1cc(C(C)(C)C)c(CC)[cH-]1.[Cl-].[Cl-].[Zr+2]=[C]1CCCCC1. The van der Waals surface area contributed by atoms with Gasteiger partial charge >= 0.3 is 59.5 Å². The molecule has 0 spiro atoms. The first-order chi connectivity index (χ1) is 21.1. The molecule has 0 bridgehead atoms. The van der Waals surface area contributed by atoms with Gasteiger partial charge in [0, 0.05) is 5.41 Å². The maximum absolute atomic E-state index is 3.65. The Hall–Kier alpha value is -1.40. The van der Waals surface area contributed by atoms with E-state index < -0.39 is 0 Å². The molecule has 3 aromatic rings. The van der Waals surface area contributed by atoms with Gasteiger partial charge in [-0.3, -0.25) is 6.08 Å². The molecule has 7 rings (SSSR count). The van der Waals surface area contributed by atoms with E-state index in [1.807, 2.05) is 0 Å². The van der Waals surface area contributed by atoms with Crippen LogP contribution >= 0.6 is 0 Å². The van der Waals surface area contributed by atoms with Gasteiger partial charge in [-0.05, 0) is 58.4 Å². The fourth-order valence-electron chi connectivity index (χ4n) is 8.07. The summed E-state index contributed by atoms with van der Waals surface area (Å²) in [5.41, 5.74) is 19.4. The maximum atomic E-state index is 3.65. The summed E-state index contributed by atoms with van der Waals surface area (Å²) in [5.74, 6) is 0. The zero-order valence-electron chi connectivity index (χ0n) is 31.0. The molecule has 0 nitrogen and oxygen atoms in total. The Morgan fingerprint density at radius 1 is 0.766 bits per heavy atom. The van der Waals surface area contributed by atoms with Crippen molar-refractivity contribution in [1.82, 2.24) is 0 Å². The number of rotatable bonds is 2. The van der Waals surface area contributed by atoms with Crippen molar-refractivity contribution in [2.75, 3.05) is 0 Å². The van der Waals surface area contributed by atoms with Crippen LogP contribution in [0.1, 0.15) is 158 Å². The molecule has 4 aliphatic rings. The number of halogens is 2. The average molecular weight is 747 g/mol. The van der Waals surface area contributed by atoms with Crippen molar-refractivity contribution < 1.29 is 49.0 Å². The molecule has 0 saturated heterocycles. The summed E-state index contributed by atoms with van der Waals surface area (Å²) in [6.07, 6.45) is 16.8. The summed E-state index contributed by atoms with van der Waals surface area (Å²) in [4.78, 5) is 0. The first-order valence-corrected chi connectivity index (χ1v) is 18.8. The molecule has 0 aliphatic heterocycles. The molecule has 4 aliphatic carbocycles. The van der Waals surface area contributed by atoms with Gasteiger partial charge in [0.15, 0.2) is 0 Å². The van der Waals surface area contributed by atoms with Crippen LogP contribution < -0.4 is 24.8 Å². The van der Waals surface area contributed by atoms with Crippen LogP contribution in [-0.4, -0.2) is 3.21 Å². The molecule has 3 aromatic carbocycles. The molecule has 47 heavy (non-hydrogen) atoms. The fraction of sp³-hybridized carbons (Fsp3) is 0.500. The van der Waals surface area contributed by atoms with Gasteiger partial charge in [0.1, 0.15) is 0 Å². The number of aryl methyl sites for hydroxylation is 2. The molecule has 0 radical (unpaired) electrons. The molecule has 1 fully saturated rings. The van der Waals surface area contributed by atoms with Gasteiger partial charge < -0.3 is 24.8 Å². The molecule has 0 aromatic heterocycles. The van der Waals surface area contributed by atoms with E-state index in [9.17, 15) is 0 Å². The van der Waals surface area contributed by atoms with E-state index >= 15 is 0 Å². The van der Waals surface area contributed by atoms with Gasteiger partial charge in [-0.15, -0.1) is 11.6 Å². The molecule has 252 valence electrons. The number of hydrogen-bond donors (Lipinski definition) is 0. The van der Waals surface area contributed by atoms with E-state index in [1.54, 1.807) is 27.4 Å². The van der Waals surface area contributed by atoms with Crippen molar-refractivity contribution >= 4 is 14.4 Å². The predicted molar refractivity (Wildman–Crippen MR) is 194 cm³/mol. The van der Waals surface area contributed by atoms with Gasteiger partial charge in [-0.2, -0.15) is 28.3 Å². The number of fused-ring (bicyclic) bond motifs is 5. The Morgan fingerprint density at radius 2 is 1.34 bits per heavy atom. The van der Waals surface area contributed by atoms with E-state index in [0.717, 1.165) is 19.3 Å². The standard InChI is InChI=1S/C25H25.C13H21.C6H10.2ClH.Zr/c1-14-12-24(3,4)22-8-16-7-17-9-23-19(15(2)13-25(23,5)6)11-21(17)20(16)10-18(14)22;1-6-10-8-11(7-2)12(9-10)13(3,4)5;1-2-4-6-5-3-1;;;/h8-12H,7H2,1-6H3;8-9H,6-7H2,1-5H3;1-5H2;2*1H;/q2*-1;;;;+2/p-2. The second kappa shape index (κ2) is 15.2. The van der Waals surface area contributed by atoms with Crippen molar-refractivity contribution in [3.63, 3.8) is 0 Å². The van der Waals surface area contributed by atoms with Crippen molar-refractivity contribution in [3.8, 4) is 11.1 Å². The average Bonchev–Trinajstić information content (AvgIpc) is 3.68. The van der Waals surface area contributed by atoms with Crippen molar-refractivity contribution in [2.45, 2.75) is 144 Å². The number of hydrogen-bond acceptors (Lipinski definition) is 0. The van der Waals surface area contributed by atoms with Crippen molar-refractivity contribution in [3.05, 3.63) is 98.6 Å². The Kier molecular flexibility index (Phi) is 13.0. The summed E-state index contributed by atoms with van der Waals surface area (Å²) in [6, 6.07) is 14.5. The predicted octanol–water partition coefficient (Wildman–Crippen LogP) is 5.96. The summed E-state index contributed by atoms with van der Waals surface area (Å²) in [7, 11) is 0. The molecule has 3 heteroatoms. The molecular weight excluding hydrogens is 691 g/mol. The Balaban J connectivity index is 0.000000230. The van der Waals surface area contributed by atoms with E-state index in [1.165, 1.54) is 104 Å². The summed E-state index contributed by atoms with van der Waals surface area (Å²) in [5, 5.41) is 0. The topological polar surface area (TPSA) is 0 Å². The number of allylic oxidation sites excluding steroid dienone is 4. The second-order valence-corrected chi connectivity index (χ2v) is 17.9. The molecule has 0 amide bonds. The minimum absolute atomic E-state index is 0. The molecule has 0 N–H and O–H groups in total. The van der Waals surface area contributed by atoms with E-state index in [4.69, 9.17) is 0 Å². The van der Waals surface area contributed by atoms with Gasteiger partial charge in [-0.25, -0.2) is 11.6 Å². The Morgan fingerprint density at radius 3 is 1.83 bits per heavy atom. The third-order valence-electron chi connectivity index (χ3n) is 10.5. The molecule has 0 unspecified atom stereocenters. The number of benzene rings is 2. The Labute approximate surface area is 314 Å². The summed E-state index contributed by atoms with van der Waals surface area (Å²) >= 11 is 1.69. The quantitative estimate of drug-likeness (QED) is 0.223. The van der Waals surface area contributed by atoms with E-state index in [-0.39, 0.29) is 35.6 Å². The van der Waals surface area contributed by atoms with Crippen molar-refractivity contribution in [1.29, 1.82) is 0 Å². The molecule has 1 saturated carbocycles. The molecule has 0 atom stereocenters. The fourth-order valence-corrected chi connectivity index (χ4v) is 8.94. The van der Waals surface area contributed by atoms with Crippen LogP contribution in [0.4, 0.5) is 0 Å². The van der Waals surface area contributed by atoms with Crippen LogP contribution in [0.15, 0.2) is 42.5 Å². The van der Waals surface area contributed by atoms with Crippen LogP contribution in [0.25, 0.3) is 22.3 Å². The van der Waals surface area contributed by atoms with Gasteiger partial charge in [0.05, 0.1) is 0 Å². The normalized spacial score (nSPS) is 17.7. The minimum atomic E-state index is 0. The zero-order chi connectivity index (χ0) is 32.9. The van der Waals surface area contributed by atoms with Crippen molar-refractivity contribution in [2.24, 2.45) is 0 Å². The summed E-state index contributed by atoms with van der Waals surface area (Å²) in [6.45, 7) is 25.0. The van der Waals surface area contributed by atoms with Crippen LogP contribution in [0.2, 0.25) is 0 Å². The zero-order valence-corrected chi connectivity index (χ0v) is 34.9. The third kappa shape index (κ3) is 8.33.